The number of anilines is 3. The Balaban J connectivity index is 1.22. The summed E-state index contributed by atoms with van der Waals surface area (Å²) in [6.45, 7) is 3.09. The molecule has 6 aromatic rings. The average molecular weight is 620 g/mol. The van der Waals surface area contributed by atoms with Crippen molar-refractivity contribution in [3.63, 3.8) is 0 Å². The third kappa shape index (κ3) is 6.04. The van der Waals surface area contributed by atoms with E-state index in [9.17, 15) is 18.0 Å². The molecule has 1 aliphatic rings. The number of halogens is 3. The summed E-state index contributed by atoms with van der Waals surface area (Å²) in [6, 6.07) is 22.8. The van der Waals surface area contributed by atoms with Gasteiger partial charge >= 0.3 is 0 Å². The molecule has 0 saturated carbocycles. The maximum Gasteiger partial charge on any atom is 0.261 e. The average Bonchev–Trinajstić information content (AvgIpc) is 3.69. The number of nitrogens with zero attached hydrogens (tertiary/aromatic N) is 5. The first-order chi connectivity index (χ1) is 22.4. The Kier molecular flexibility index (Phi) is 7.90. The van der Waals surface area contributed by atoms with Crippen molar-refractivity contribution in [1.82, 2.24) is 24.5 Å². The van der Waals surface area contributed by atoms with E-state index in [0.29, 0.717) is 34.0 Å². The second-order valence-corrected chi connectivity index (χ2v) is 11.1. The highest BCUT2D eigenvalue weighted by molar-refractivity contribution is 6.05. The van der Waals surface area contributed by atoms with Gasteiger partial charge in [-0.3, -0.25) is 9.69 Å². The summed E-state index contributed by atoms with van der Waals surface area (Å²) in [5, 5.41) is 10.5. The van der Waals surface area contributed by atoms with Crippen molar-refractivity contribution in [2.75, 3.05) is 23.7 Å². The smallest absolute Gasteiger partial charge is 0.261 e. The molecule has 11 heteroatoms. The van der Waals surface area contributed by atoms with Gasteiger partial charge in [0, 0.05) is 29.7 Å². The molecular formula is C35H28F3N7O. The predicted octanol–water partition coefficient (Wildman–Crippen LogP) is 7.47. The zero-order valence-corrected chi connectivity index (χ0v) is 24.6. The summed E-state index contributed by atoms with van der Waals surface area (Å²) >= 11 is 0. The molecule has 1 fully saturated rings. The van der Waals surface area contributed by atoms with E-state index in [1.807, 2.05) is 12.1 Å². The van der Waals surface area contributed by atoms with Gasteiger partial charge in [-0.25, -0.2) is 27.7 Å². The normalized spacial score (nSPS) is 13.3. The fourth-order valence-corrected chi connectivity index (χ4v) is 5.76. The molecule has 4 heterocycles. The van der Waals surface area contributed by atoms with Crippen LogP contribution in [0, 0.1) is 17.5 Å². The minimum absolute atomic E-state index is 0.290. The highest BCUT2D eigenvalue weighted by Gasteiger charge is 2.21. The van der Waals surface area contributed by atoms with E-state index in [1.165, 1.54) is 41.3 Å². The first kappa shape index (κ1) is 29.2. The first-order valence-electron chi connectivity index (χ1n) is 14.9. The van der Waals surface area contributed by atoms with Crippen LogP contribution in [0.3, 0.4) is 0 Å². The molecular weight excluding hydrogens is 591 g/mol. The quantitative estimate of drug-likeness (QED) is 0.184. The van der Waals surface area contributed by atoms with Crippen molar-refractivity contribution < 1.29 is 18.0 Å². The number of amides is 1. The fourth-order valence-electron chi connectivity index (χ4n) is 5.76. The Labute approximate surface area is 262 Å². The zero-order valence-electron chi connectivity index (χ0n) is 24.6. The van der Waals surface area contributed by atoms with E-state index in [2.05, 4.69) is 37.7 Å². The van der Waals surface area contributed by atoms with E-state index in [1.54, 1.807) is 42.6 Å². The number of likely N-dealkylation sites (tertiary alicyclic amines) is 1. The van der Waals surface area contributed by atoms with E-state index in [4.69, 9.17) is 4.98 Å². The van der Waals surface area contributed by atoms with Gasteiger partial charge in [0.15, 0.2) is 0 Å². The van der Waals surface area contributed by atoms with Gasteiger partial charge in [-0.15, -0.1) is 0 Å². The third-order valence-corrected chi connectivity index (χ3v) is 7.88. The lowest BCUT2D eigenvalue weighted by Crippen LogP contribution is -2.18. The Morgan fingerprint density at radius 3 is 2.43 bits per heavy atom. The molecule has 1 amide bonds. The number of hydrogen-bond donors (Lipinski definition) is 2. The Hall–Kier alpha value is -5.55. The van der Waals surface area contributed by atoms with Crippen molar-refractivity contribution in [2.24, 2.45) is 0 Å². The SMILES string of the molecule is O=C(Nc1cccc(-c2nn3cc(F)ccc3c2-c2ccnc(Nc3cccc(CN4CCCC4)c3)n2)c1)c1c(F)cccc1F. The van der Waals surface area contributed by atoms with Crippen LogP contribution in [0.1, 0.15) is 28.8 Å². The molecule has 7 rings (SSSR count). The highest BCUT2D eigenvalue weighted by Crippen LogP contribution is 2.36. The summed E-state index contributed by atoms with van der Waals surface area (Å²) in [4.78, 5) is 24.5. The number of fused-ring (bicyclic) bond motifs is 1. The number of rotatable bonds is 8. The van der Waals surface area contributed by atoms with E-state index in [0.717, 1.165) is 37.5 Å². The maximum absolute atomic E-state index is 14.3. The second kappa shape index (κ2) is 12.4. The van der Waals surface area contributed by atoms with Crippen molar-refractivity contribution >= 4 is 28.7 Å². The second-order valence-electron chi connectivity index (χ2n) is 11.1. The van der Waals surface area contributed by atoms with Gasteiger partial charge in [0.05, 0.1) is 23.0 Å². The fraction of sp³-hybridized carbons (Fsp3) is 0.143. The molecule has 3 aromatic heterocycles. The molecule has 3 aromatic carbocycles. The summed E-state index contributed by atoms with van der Waals surface area (Å²) in [5.41, 5.74) is 4.41. The summed E-state index contributed by atoms with van der Waals surface area (Å²) in [7, 11) is 0. The highest BCUT2D eigenvalue weighted by atomic mass is 19.1. The first-order valence-corrected chi connectivity index (χ1v) is 14.9. The number of carbonyl (C=O) groups excluding carboxylic acids is 1. The molecule has 2 N–H and O–H groups in total. The van der Waals surface area contributed by atoms with Crippen molar-refractivity contribution in [1.29, 1.82) is 0 Å². The van der Waals surface area contributed by atoms with Crippen LogP contribution in [0.4, 0.5) is 30.5 Å². The summed E-state index contributed by atoms with van der Waals surface area (Å²) < 4.78 is 44.2. The molecule has 0 aliphatic carbocycles. The zero-order chi connectivity index (χ0) is 31.6. The lowest BCUT2D eigenvalue weighted by molar-refractivity contribution is 0.101. The topological polar surface area (TPSA) is 87.5 Å². The third-order valence-electron chi connectivity index (χ3n) is 7.88. The number of hydrogen-bond acceptors (Lipinski definition) is 6. The monoisotopic (exact) mass is 619 g/mol. The van der Waals surface area contributed by atoms with Gasteiger partial charge in [-0.05, 0) is 86.1 Å². The molecule has 0 unspecified atom stereocenters. The molecule has 0 atom stereocenters. The Morgan fingerprint density at radius 1 is 0.848 bits per heavy atom. The van der Waals surface area contributed by atoms with Crippen molar-refractivity contribution in [3.05, 3.63) is 126 Å². The number of pyridine rings is 1. The van der Waals surface area contributed by atoms with Gasteiger partial charge in [0.25, 0.3) is 5.91 Å². The van der Waals surface area contributed by atoms with Crippen molar-refractivity contribution in [2.45, 2.75) is 19.4 Å². The van der Waals surface area contributed by atoms with Crippen LogP contribution in [0.5, 0.6) is 0 Å². The van der Waals surface area contributed by atoms with E-state index < -0.39 is 28.9 Å². The summed E-state index contributed by atoms with van der Waals surface area (Å²) in [5.74, 6) is -2.97. The number of aromatic nitrogens is 4. The van der Waals surface area contributed by atoms with Crippen LogP contribution in [0.25, 0.3) is 28.0 Å². The van der Waals surface area contributed by atoms with Crippen LogP contribution < -0.4 is 10.6 Å². The molecule has 0 radical (unpaired) electrons. The maximum atomic E-state index is 14.3. The van der Waals surface area contributed by atoms with E-state index >= 15 is 0 Å². The van der Waals surface area contributed by atoms with Gasteiger partial charge in [-0.2, -0.15) is 5.10 Å². The molecule has 8 nitrogen and oxygen atoms in total. The van der Waals surface area contributed by atoms with Crippen LogP contribution >= 0.6 is 0 Å². The molecule has 230 valence electrons. The number of carbonyl (C=O) groups is 1. The van der Waals surface area contributed by atoms with E-state index in [-0.39, 0.29) is 5.69 Å². The predicted molar refractivity (Wildman–Crippen MR) is 170 cm³/mol. The van der Waals surface area contributed by atoms with Gasteiger partial charge in [0.2, 0.25) is 5.95 Å². The lowest BCUT2D eigenvalue weighted by atomic mass is 10.0. The van der Waals surface area contributed by atoms with Gasteiger partial charge in [-0.1, -0.05) is 30.3 Å². The van der Waals surface area contributed by atoms with Gasteiger partial charge in [0.1, 0.15) is 28.7 Å². The largest absolute Gasteiger partial charge is 0.324 e. The molecule has 46 heavy (non-hydrogen) atoms. The van der Waals surface area contributed by atoms with Crippen LogP contribution in [0.2, 0.25) is 0 Å². The van der Waals surface area contributed by atoms with Crippen molar-refractivity contribution in [3.8, 4) is 22.5 Å². The van der Waals surface area contributed by atoms with Crippen LogP contribution in [-0.4, -0.2) is 43.5 Å². The van der Waals surface area contributed by atoms with Crippen LogP contribution in [-0.2, 0) is 6.54 Å². The van der Waals surface area contributed by atoms with Crippen LogP contribution in [0.15, 0.2) is 97.3 Å². The lowest BCUT2D eigenvalue weighted by Gasteiger charge is -2.15. The minimum atomic E-state index is -0.968. The molecule has 1 saturated heterocycles. The molecule has 1 aliphatic heterocycles. The molecule has 0 spiro atoms. The minimum Gasteiger partial charge on any atom is -0.324 e. The van der Waals surface area contributed by atoms with Gasteiger partial charge < -0.3 is 10.6 Å². The number of benzene rings is 3. The summed E-state index contributed by atoms with van der Waals surface area (Å²) in [6.07, 6.45) is 5.35. The Bertz CT molecular complexity index is 2050. The number of nitrogens with one attached hydrogen (secondary N) is 2. The standard InChI is InChI=1S/C35H28F3N7O/c36-24-12-13-30-32(29-14-15-39-35(42-29)41-25-8-3-6-22(18-25)20-44-16-1-2-17-44)33(43-45(30)21-24)23-7-4-9-26(19-23)40-34(46)31-27(37)10-5-11-28(31)38/h3-15,18-19,21H,1-2,16-17,20H2,(H,40,46)(H,39,41,42). The molecule has 0 bridgehead atoms. The Morgan fingerprint density at radius 2 is 1.61 bits per heavy atom.